The third-order valence-electron chi connectivity index (χ3n) is 2.26. The molecule has 0 aliphatic heterocycles. The number of hydrogen-bond acceptors (Lipinski definition) is 1. The van der Waals surface area contributed by atoms with Crippen molar-refractivity contribution in [2.75, 3.05) is 0 Å². The Morgan fingerprint density at radius 1 is 1.43 bits per heavy atom. The summed E-state index contributed by atoms with van der Waals surface area (Å²) in [5.74, 6) is -1.82. The lowest BCUT2D eigenvalue weighted by Crippen LogP contribution is -2.09. The molecule has 14 heavy (non-hydrogen) atoms. The fourth-order valence-electron chi connectivity index (χ4n) is 1.33. The van der Waals surface area contributed by atoms with Gasteiger partial charge in [-0.2, -0.15) is 0 Å². The Bertz CT molecular complexity index is 347. The summed E-state index contributed by atoms with van der Waals surface area (Å²) in [4.78, 5) is 11.3. The van der Waals surface area contributed by atoms with Gasteiger partial charge < -0.3 is 0 Å². The Kier molecular flexibility index (Phi) is 3.33. The Hall–Kier alpha value is -1.25. The van der Waals surface area contributed by atoms with Gasteiger partial charge in [-0.3, -0.25) is 4.79 Å². The fourth-order valence-corrected chi connectivity index (χ4v) is 1.33. The zero-order chi connectivity index (χ0) is 10.7. The van der Waals surface area contributed by atoms with E-state index in [2.05, 4.69) is 0 Å². The average molecular weight is 198 g/mol. The second kappa shape index (κ2) is 4.31. The summed E-state index contributed by atoms with van der Waals surface area (Å²) < 4.78 is 25.8. The van der Waals surface area contributed by atoms with Crippen molar-refractivity contribution in [3.05, 3.63) is 35.4 Å². The van der Waals surface area contributed by atoms with Crippen LogP contribution in [0.4, 0.5) is 8.78 Å². The van der Waals surface area contributed by atoms with E-state index in [1.165, 1.54) is 6.07 Å². The van der Waals surface area contributed by atoms with Gasteiger partial charge in [-0.25, -0.2) is 8.78 Å². The van der Waals surface area contributed by atoms with Gasteiger partial charge in [0.05, 0.1) is 0 Å². The van der Waals surface area contributed by atoms with Crippen molar-refractivity contribution in [2.24, 2.45) is 0 Å². The van der Waals surface area contributed by atoms with Gasteiger partial charge in [-0.1, -0.05) is 19.9 Å². The smallest absolute Gasteiger partial charge is 0.139 e. The van der Waals surface area contributed by atoms with Crippen LogP contribution in [0.3, 0.4) is 0 Å². The second-order valence-corrected chi connectivity index (χ2v) is 3.21. The molecule has 1 atom stereocenters. The minimum atomic E-state index is -0.653. The van der Waals surface area contributed by atoms with Crippen molar-refractivity contribution >= 4 is 5.78 Å². The van der Waals surface area contributed by atoms with Gasteiger partial charge in [0.2, 0.25) is 0 Å². The van der Waals surface area contributed by atoms with Crippen LogP contribution < -0.4 is 0 Å². The predicted molar refractivity (Wildman–Crippen MR) is 50.1 cm³/mol. The summed E-state index contributed by atoms with van der Waals surface area (Å²) in [6.07, 6.45) is 0.359. The number of carbonyl (C=O) groups excluding carboxylic acids is 1. The number of hydrogen-bond donors (Lipinski definition) is 0. The lowest BCUT2D eigenvalue weighted by molar-refractivity contribution is -0.119. The molecule has 0 amide bonds. The first-order valence-electron chi connectivity index (χ1n) is 4.54. The number of ketones is 1. The van der Waals surface area contributed by atoms with E-state index in [9.17, 15) is 13.6 Å². The van der Waals surface area contributed by atoms with E-state index in [1.807, 2.05) is 0 Å². The molecule has 0 aromatic heterocycles. The Morgan fingerprint density at radius 3 is 2.57 bits per heavy atom. The van der Waals surface area contributed by atoms with Crippen LogP contribution in [-0.2, 0) is 4.79 Å². The van der Waals surface area contributed by atoms with Crippen molar-refractivity contribution in [2.45, 2.75) is 26.2 Å². The topological polar surface area (TPSA) is 17.1 Å². The van der Waals surface area contributed by atoms with Gasteiger partial charge in [-0.05, 0) is 11.6 Å². The van der Waals surface area contributed by atoms with Gasteiger partial charge in [0.1, 0.15) is 17.4 Å². The Morgan fingerprint density at radius 2 is 2.07 bits per heavy atom. The SMILES string of the molecule is CCC(=O)C(C)c1ccc(F)cc1F. The second-order valence-electron chi connectivity index (χ2n) is 3.21. The molecule has 0 saturated heterocycles. The van der Waals surface area contributed by atoms with Crippen LogP contribution in [0.15, 0.2) is 18.2 Å². The van der Waals surface area contributed by atoms with Crippen LogP contribution in [0.2, 0.25) is 0 Å². The van der Waals surface area contributed by atoms with Crippen molar-refractivity contribution in [1.29, 1.82) is 0 Å². The minimum Gasteiger partial charge on any atom is -0.299 e. The van der Waals surface area contributed by atoms with Gasteiger partial charge in [0.25, 0.3) is 0 Å². The summed E-state index contributed by atoms with van der Waals surface area (Å²) >= 11 is 0. The lowest BCUT2D eigenvalue weighted by Gasteiger charge is -2.10. The molecule has 76 valence electrons. The molecule has 0 bridgehead atoms. The standard InChI is InChI=1S/C11H12F2O/c1-3-11(14)7(2)9-5-4-8(12)6-10(9)13/h4-7H,3H2,1-2H3. The number of Topliss-reactive ketones (excluding diaryl/α,β-unsaturated/α-hetero) is 1. The molecule has 0 aliphatic rings. The highest BCUT2D eigenvalue weighted by molar-refractivity contribution is 5.85. The number of benzene rings is 1. The minimum absolute atomic E-state index is 0.0458. The largest absolute Gasteiger partial charge is 0.299 e. The van der Waals surface area contributed by atoms with Gasteiger partial charge in [0.15, 0.2) is 0 Å². The van der Waals surface area contributed by atoms with Crippen LogP contribution >= 0.6 is 0 Å². The Labute approximate surface area is 81.7 Å². The van der Waals surface area contributed by atoms with Crippen molar-refractivity contribution in [3.63, 3.8) is 0 Å². The quantitative estimate of drug-likeness (QED) is 0.729. The zero-order valence-corrected chi connectivity index (χ0v) is 8.18. The van der Waals surface area contributed by atoms with E-state index >= 15 is 0 Å². The van der Waals surface area contributed by atoms with Gasteiger partial charge in [-0.15, -0.1) is 0 Å². The summed E-state index contributed by atoms with van der Waals surface area (Å²) in [5.41, 5.74) is 0.262. The molecule has 1 rings (SSSR count). The Balaban J connectivity index is 3.01. The van der Waals surface area contributed by atoms with Crippen LogP contribution in [0.5, 0.6) is 0 Å². The summed E-state index contributed by atoms with van der Waals surface area (Å²) in [6, 6.07) is 3.29. The molecule has 0 radical (unpaired) electrons. The zero-order valence-electron chi connectivity index (χ0n) is 8.18. The van der Waals surface area contributed by atoms with E-state index < -0.39 is 17.6 Å². The number of rotatable bonds is 3. The predicted octanol–water partition coefficient (Wildman–Crippen LogP) is 3.05. The maximum absolute atomic E-state index is 13.2. The highest BCUT2D eigenvalue weighted by Gasteiger charge is 2.17. The third-order valence-corrected chi connectivity index (χ3v) is 2.26. The molecular weight excluding hydrogens is 186 g/mol. The highest BCUT2D eigenvalue weighted by atomic mass is 19.1. The molecule has 1 unspecified atom stereocenters. The maximum Gasteiger partial charge on any atom is 0.139 e. The monoisotopic (exact) mass is 198 g/mol. The first-order chi connectivity index (χ1) is 6.56. The highest BCUT2D eigenvalue weighted by Crippen LogP contribution is 2.21. The molecule has 0 saturated carbocycles. The first-order valence-corrected chi connectivity index (χ1v) is 4.54. The first kappa shape index (κ1) is 10.8. The van der Waals surface area contributed by atoms with Crippen LogP contribution in [0, 0.1) is 11.6 Å². The van der Waals surface area contributed by atoms with E-state index in [0.29, 0.717) is 6.42 Å². The summed E-state index contributed by atoms with van der Waals surface area (Å²) in [5, 5.41) is 0. The van der Waals surface area contributed by atoms with Crippen LogP contribution in [-0.4, -0.2) is 5.78 Å². The molecule has 0 N–H and O–H groups in total. The van der Waals surface area contributed by atoms with E-state index in [0.717, 1.165) is 12.1 Å². The number of halogens is 2. The van der Waals surface area contributed by atoms with Crippen molar-refractivity contribution in [1.82, 2.24) is 0 Å². The van der Waals surface area contributed by atoms with Gasteiger partial charge in [0, 0.05) is 18.4 Å². The average Bonchev–Trinajstić information content (AvgIpc) is 2.15. The summed E-state index contributed by atoms with van der Waals surface area (Å²) in [7, 11) is 0. The fraction of sp³-hybridized carbons (Fsp3) is 0.364. The third kappa shape index (κ3) is 2.16. The molecule has 0 aliphatic carbocycles. The molecule has 1 nitrogen and oxygen atoms in total. The van der Waals surface area contributed by atoms with Crippen molar-refractivity contribution in [3.8, 4) is 0 Å². The molecule has 0 heterocycles. The lowest BCUT2D eigenvalue weighted by atomic mass is 9.95. The van der Waals surface area contributed by atoms with E-state index in [-0.39, 0.29) is 11.3 Å². The molecular formula is C11H12F2O. The van der Waals surface area contributed by atoms with Crippen LogP contribution in [0.25, 0.3) is 0 Å². The van der Waals surface area contributed by atoms with Crippen LogP contribution in [0.1, 0.15) is 31.7 Å². The van der Waals surface area contributed by atoms with E-state index in [1.54, 1.807) is 13.8 Å². The molecule has 3 heteroatoms. The maximum atomic E-state index is 13.2. The summed E-state index contributed by atoms with van der Waals surface area (Å²) in [6.45, 7) is 3.35. The molecule has 0 fully saturated rings. The molecule has 1 aromatic rings. The van der Waals surface area contributed by atoms with Crippen molar-refractivity contribution < 1.29 is 13.6 Å². The molecule has 1 aromatic carbocycles. The van der Waals surface area contributed by atoms with E-state index in [4.69, 9.17) is 0 Å². The van der Waals surface area contributed by atoms with Gasteiger partial charge >= 0.3 is 0 Å². The number of carbonyl (C=O) groups is 1. The normalized spacial score (nSPS) is 12.6. The molecule has 0 spiro atoms.